The Labute approximate surface area is 144 Å². The Balaban J connectivity index is 2.31. The lowest BCUT2D eigenvalue weighted by Crippen LogP contribution is -2.09. The maximum absolute atomic E-state index is 13.3. The third kappa shape index (κ3) is 3.10. The Morgan fingerprint density at radius 3 is 2.36 bits per heavy atom. The monoisotopic (exact) mass is 367 g/mol. The van der Waals surface area contributed by atoms with E-state index in [1.165, 1.54) is 6.07 Å². The minimum absolute atomic E-state index is 0.142. The SMILES string of the molecule is O=C(O)c1c(-c2c(Cl)cccc2C(F)(F)F)noc1-c1ccccc1. The molecule has 0 radical (unpaired) electrons. The van der Waals surface area contributed by atoms with E-state index in [0.29, 0.717) is 5.56 Å². The first-order valence-corrected chi connectivity index (χ1v) is 7.33. The number of nitrogens with zero attached hydrogens (tertiary/aromatic N) is 1. The number of aromatic nitrogens is 1. The molecule has 0 amide bonds. The number of alkyl halides is 3. The van der Waals surface area contributed by atoms with Gasteiger partial charge in [0.2, 0.25) is 0 Å². The van der Waals surface area contributed by atoms with Crippen molar-refractivity contribution < 1.29 is 27.6 Å². The van der Waals surface area contributed by atoms with Crippen molar-refractivity contribution in [3.05, 3.63) is 64.7 Å². The third-order valence-corrected chi connectivity index (χ3v) is 3.81. The molecule has 0 saturated heterocycles. The molecule has 0 aliphatic rings. The van der Waals surface area contributed by atoms with Crippen molar-refractivity contribution in [3.63, 3.8) is 0 Å². The molecule has 1 heterocycles. The van der Waals surface area contributed by atoms with E-state index >= 15 is 0 Å². The van der Waals surface area contributed by atoms with Gasteiger partial charge in [-0.05, 0) is 12.1 Å². The zero-order valence-electron chi connectivity index (χ0n) is 12.3. The van der Waals surface area contributed by atoms with Gasteiger partial charge in [0.15, 0.2) is 5.76 Å². The molecule has 3 rings (SSSR count). The van der Waals surface area contributed by atoms with Crippen molar-refractivity contribution >= 4 is 17.6 Å². The molecular weight excluding hydrogens is 359 g/mol. The molecule has 4 nitrogen and oxygen atoms in total. The molecular formula is C17H9ClF3NO3. The standard InChI is InChI=1S/C17H9ClF3NO3/c18-11-8-4-7-10(17(19,20)21)12(11)14-13(16(23)24)15(25-22-14)9-5-2-1-3-6-9/h1-8H,(H,23,24). The molecule has 25 heavy (non-hydrogen) atoms. The van der Waals surface area contributed by atoms with Gasteiger partial charge in [-0.15, -0.1) is 0 Å². The van der Waals surface area contributed by atoms with Gasteiger partial charge in [-0.25, -0.2) is 4.79 Å². The molecule has 0 spiro atoms. The predicted molar refractivity (Wildman–Crippen MR) is 84.3 cm³/mol. The van der Waals surface area contributed by atoms with E-state index in [9.17, 15) is 23.1 Å². The highest BCUT2D eigenvalue weighted by Gasteiger charge is 2.37. The summed E-state index contributed by atoms with van der Waals surface area (Å²) in [6, 6.07) is 11.3. The van der Waals surface area contributed by atoms with Gasteiger partial charge in [0.1, 0.15) is 11.3 Å². The molecule has 0 aliphatic heterocycles. The summed E-state index contributed by atoms with van der Waals surface area (Å²) in [5, 5.41) is 12.8. The Morgan fingerprint density at radius 1 is 1.08 bits per heavy atom. The number of hydrogen-bond acceptors (Lipinski definition) is 3. The van der Waals surface area contributed by atoms with Gasteiger partial charge in [0, 0.05) is 11.1 Å². The summed E-state index contributed by atoms with van der Waals surface area (Å²) in [6.45, 7) is 0. The first-order chi connectivity index (χ1) is 11.8. The number of hydrogen-bond donors (Lipinski definition) is 1. The summed E-state index contributed by atoms with van der Waals surface area (Å²) in [5.41, 5.74) is -2.19. The van der Waals surface area contributed by atoms with Crippen molar-refractivity contribution in [1.29, 1.82) is 0 Å². The average Bonchev–Trinajstić information content (AvgIpc) is 2.99. The predicted octanol–water partition coefficient (Wildman–Crippen LogP) is 5.38. The maximum Gasteiger partial charge on any atom is 0.417 e. The van der Waals surface area contributed by atoms with E-state index in [-0.39, 0.29) is 10.8 Å². The second-order valence-electron chi connectivity index (χ2n) is 5.07. The highest BCUT2D eigenvalue weighted by molar-refractivity contribution is 6.33. The van der Waals surface area contributed by atoms with E-state index in [0.717, 1.165) is 12.1 Å². The van der Waals surface area contributed by atoms with E-state index in [1.54, 1.807) is 30.3 Å². The fourth-order valence-corrected chi connectivity index (χ4v) is 2.71. The van der Waals surface area contributed by atoms with Crippen LogP contribution in [-0.2, 0) is 6.18 Å². The van der Waals surface area contributed by atoms with E-state index in [1.807, 2.05) is 0 Å². The largest absolute Gasteiger partial charge is 0.477 e. The first-order valence-electron chi connectivity index (χ1n) is 6.95. The number of rotatable bonds is 3. The summed E-state index contributed by atoms with van der Waals surface area (Å²) < 4.78 is 45.0. The Morgan fingerprint density at radius 2 is 1.76 bits per heavy atom. The Kier molecular flexibility index (Phi) is 4.26. The lowest BCUT2D eigenvalue weighted by molar-refractivity contribution is -0.137. The molecule has 1 aromatic heterocycles. The number of carboxylic acids is 1. The molecule has 0 atom stereocenters. The Bertz CT molecular complexity index is 936. The molecule has 0 aliphatic carbocycles. The number of benzene rings is 2. The van der Waals surface area contributed by atoms with Crippen LogP contribution in [0.3, 0.4) is 0 Å². The normalized spacial score (nSPS) is 11.5. The zero-order chi connectivity index (χ0) is 18.2. The van der Waals surface area contributed by atoms with Crippen LogP contribution in [0.4, 0.5) is 13.2 Å². The molecule has 128 valence electrons. The van der Waals surface area contributed by atoms with Crippen molar-refractivity contribution in [2.24, 2.45) is 0 Å². The van der Waals surface area contributed by atoms with E-state index in [2.05, 4.69) is 5.16 Å². The van der Waals surface area contributed by atoms with Gasteiger partial charge in [-0.1, -0.05) is 53.2 Å². The van der Waals surface area contributed by atoms with Crippen LogP contribution in [-0.4, -0.2) is 16.2 Å². The summed E-state index contributed by atoms with van der Waals surface area (Å²) in [4.78, 5) is 11.7. The van der Waals surface area contributed by atoms with E-state index < -0.39 is 34.5 Å². The maximum atomic E-state index is 13.3. The fourth-order valence-electron chi connectivity index (χ4n) is 2.45. The fraction of sp³-hybridized carbons (Fsp3) is 0.0588. The van der Waals surface area contributed by atoms with Crippen molar-refractivity contribution in [3.8, 4) is 22.6 Å². The van der Waals surface area contributed by atoms with E-state index in [4.69, 9.17) is 16.1 Å². The van der Waals surface area contributed by atoms with Crippen LogP contribution >= 0.6 is 11.6 Å². The average molecular weight is 368 g/mol. The number of halogens is 4. The summed E-state index contributed by atoms with van der Waals surface area (Å²) >= 11 is 5.93. The highest BCUT2D eigenvalue weighted by atomic mass is 35.5. The third-order valence-electron chi connectivity index (χ3n) is 3.50. The van der Waals surface area contributed by atoms with Crippen LogP contribution in [0.5, 0.6) is 0 Å². The van der Waals surface area contributed by atoms with Gasteiger partial charge in [0.05, 0.1) is 10.6 Å². The second kappa shape index (κ2) is 6.25. The van der Waals surface area contributed by atoms with Gasteiger partial charge >= 0.3 is 12.1 Å². The van der Waals surface area contributed by atoms with Gasteiger partial charge in [0.25, 0.3) is 0 Å². The van der Waals surface area contributed by atoms with Crippen molar-refractivity contribution in [1.82, 2.24) is 5.16 Å². The summed E-state index contributed by atoms with van der Waals surface area (Å²) in [5.74, 6) is -1.61. The number of aromatic carboxylic acids is 1. The minimum atomic E-state index is -4.73. The lowest BCUT2D eigenvalue weighted by atomic mass is 9.98. The molecule has 1 N–H and O–H groups in total. The molecule has 2 aromatic carbocycles. The summed E-state index contributed by atoms with van der Waals surface area (Å²) in [7, 11) is 0. The number of carbonyl (C=O) groups is 1. The van der Waals surface area contributed by atoms with Gasteiger partial charge in [-0.3, -0.25) is 0 Å². The van der Waals surface area contributed by atoms with Gasteiger partial charge < -0.3 is 9.63 Å². The first kappa shape index (κ1) is 17.0. The molecule has 3 aromatic rings. The Hall–Kier alpha value is -2.80. The summed E-state index contributed by atoms with van der Waals surface area (Å²) in [6.07, 6.45) is -4.73. The van der Waals surface area contributed by atoms with Crippen molar-refractivity contribution in [2.45, 2.75) is 6.18 Å². The van der Waals surface area contributed by atoms with Gasteiger partial charge in [-0.2, -0.15) is 13.2 Å². The van der Waals surface area contributed by atoms with Crippen LogP contribution in [0.25, 0.3) is 22.6 Å². The molecule has 0 unspecified atom stereocenters. The van der Waals surface area contributed by atoms with Crippen LogP contribution in [0.15, 0.2) is 53.1 Å². The van der Waals surface area contributed by atoms with Crippen LogP contribution in [0, 0.1) is 0 Å². The second-order valence-corrected chi connectivity index (χ2v) is 5.47. The highest BCUT2D eigenvalue weighted by Crippen LogP contribution is 2.43. The number of carboxylic acid groups (broad SMARTS) is 1. The molecule has 0 fully saturated rings. The van der Waals surface area contributed by atoms with Crippen molar-refractivity contribution in [2.75, 3.05) is 0 Å². The van der Waals surface area contributed by atoms with Crippen LogP contribution in [0.2, 0.25) is 5.02 Å². The van der Waals surface area contributed by atoms with Crippen LogP contribution in [0.1, 0.15) is 15.9 Å². The smallest absolute Gasteiger partial charge is 0.417 e. The molecule has 0 saturated carbocycles. The minimum Gasteiger partial charge on any atom is -0.477 e. The lowest BCUT2D eigenvalue weighted by Gasteiger charge is -2.12. The topological polar surface area (TPSA) is 63.3 Å². The zero-order valence-corrected chi connectivity index (χ0v) is 13.1. The van der Waals surface area contributed by atoms with Crippen LogP contribution < -0.4 is 0 Å². The molecule has 8 heteroatoms. The molecule has 0 bridgehead atoms. The quantitative estimate of drug-likeness (QED) is 0.675.